The molecule has 0 heterocycles. The zero-order valence-corrected chi connectivity index (χ0v) is 5.53. The summed E-state index contributed by atoms with van der Waals surface area (Å²) >= 11 is 0. The zero-order valence-electron chi connectivity index (χ0n) is 5.53. The molecule has 0 saturated carbocycles. The van der Waals surface area contributed by atoms with E-state index in [0.717, 1.165) is 0 Å². The second kappa shape index (κ2) is 15.8. The fraction of sp³-hybridized carbons (Fsp3) is 0. The molecule has 0 aromatic heterocycles. The average molecular weight is 136 g/mol. The second-order valence-corrected chi connectivity index (χ2v) is 0.514. The van der Waals surface area contributed by atoms with Gasteiger partial charge in [0.1, 0.15) is 0 Å². The Bertz CT molecular complexity index is 73.3. The fourth-order valence-corrected chi connectivity index (χ4v) is 0. The average Bonchev–Trinajstić information content (AvgIpc) is 1.25. The summed E-state index contributed by atoms with van der Waals surface area (Å²) < 4.78 is 0. The smallest absolute Gasteiger partial charge is 0.393 e. The van der Waals surface area contributed by atoms with Gasteiger partial charge < -0.3 is 11.7 Å². The maximum atomic E-state index is 8.47. The molecule has 0 fully saturated rings. The maximum Gasteiger partial charge on any atom is 1.00 e. The van der Waals surface area contributed by atoms with Crippen LogP contribution >= 0.6 is 0 Å². The van der Waals surface area contributed by atoms with E-state index in [2.05, 4.69) is 0 Å². The fourth-order valence-electron chi connectivity index (χ4n) is 0. The van der Waals surface area contributed by atoms with E-state index >= 15 is 0 Å². The molecule has 0 bridgehead atoms. The molecule has 10 heavy (non-hydrogen) atoms. The Labute approximate surface area is 79.9 Å². The molecule has 2 N–H and O–H groups in total. The Morgan fingerprint density at radius 1 is 0.900 bits per heavy atom. The van der Waals surface area contributed by atoms with Crippen LogP contribution in [0.3, 0.4) is 0 Å². The van der Waals surface area contributed by atoms with Crippen molar-refractivity contribution in [3.05, 3.63) is 31.9 Å². The Kier molecular flexibility index (Phi) is 35.9. The van der Waals surface area contributed by atoms with E-state index in [1.165, 1.54) is 0 Å². The van der Waals surface area contributed by atoms with Crippen LogP contribution in [0.1, 0.15) is 0 Å². The van der Waals surface area contributed by atoms with Crippen molar-refractivity contribution in [3.63, 3.8) is 0 Å². The molecule has 0 aliphatic heterocycles. The first-order chi connectivity index (χ1) is 3.46. The summed E-state index contributed by atoms with van der Waals surface area (Å²) in [5, 5.41) is 14.4. The monoisotopic (exact) mass is 136 g/mol. The first-order valence-electron chi connectivity index (χ1n) is 1.18. The molecule has 0 aliphatic rings. The van der Waals surface area contributed by atoms with Crippen LogP contribution in [0.15, 0.2) is 0 Å². The molecule has 48 valence electrons. The van der Waals surface area contributed by atoms with Gasteiger partial charge in [0.25, 0.3) is 0 Å². The van der Waals surface area contributed by atoms with Gasteiger partial charge in [0.05, 0.1) is 0 Å². The first-order valence-corrected chi connectivity index (χ1v) is 1.18. The summed E-state index contributed by atoms with van der Waals surface area (Å²) in [6.45, 7) is 0. The quantitative estimate of drug-likeness (QED) is 0.186. The van der Waals surface area contributed by atoms with Gasteiger partial charge in [-0.2, -0.15) is 0 Å². The first kappa shape index (κ1) is 22.6. The minimum absolute atomic E-state index is 0. The number of hydrogen-bond acceptors (Lipinski definition) is 4. The maximum absolute atomic E-state index is 8.47. The van der Waals surface area contributed by atoms with Crippen LogP contribution in [0.4, 0.5) is 0 Å². The minimum atomic E-state index is -1.25. The molecule has 0 spiro atoms. The molecule has 0 aromatic carbocycles. The van der Waals surface area contributed by atoms with Gasteiger partial charge in [-0.25, -0.2) is 0 Å². The van der Waals surface area contributed by atoms with Crippen LogP contribution in [0.2, 0.25) is 0 Å². The summed E-state index contributed by atoms with van der Waals surface area (Å²) in [6.07, 6.45) is 0. The van der Waals surface area contributed by atoms with Crippen molar-refractivity contribution in [1.29, 1.82) is 0 Å². The molecule has 0 unspecified atom stereocenters. The van der Waals surface area contributed by atoms with Crippen molar-refractivity contribution in [1.82, 2.24) is 0 Å². The summed E-state index contributed by atoms with van der Waals surface area (Å²) in [6, 6.07) is 0. The molecule has 0 saturated heterocycles. The number of rotatable bonds is 0. The topological polar surface area (TPSA) is 134 Å². The number of nitrogens with zero attached hydrogens (tertiary/aromatic N) is 2. The standard InChI is InChI=1S/2Li.2HN2O2/c;;2*1-2(3)4/h;;2*1H/q2*+1;2*-1. The van der Waals surface area contributed by atoms with Gasteiger partial charge in [0.15, 0.2) is 0 Å². The van der Waals surface area contributed by atoms with Gasteiger partial charge in [0.2, 0.25) is 0 Å². The third kappa shape index (κ3) is 2010. The van der Waals surface area contributed by atoms with E-state index in [9.17, 15) is 0 Å². The molecule has 0 aromatic rings. The van der Waals surface area contributed by atoms with Crippen LogP contribution in [0.25, 0.3) is 11.7 Å². The van der Waals surface area contributed by atoms with Crippen molar-refractivity contribution >= 4 is 0 Å². The van der Waals surface area contributed by atoms with Gasteiger partial charge in [-0.3, -0.25) is 20.2 Å². The largest absolute Gasteiger partial charge is 1.00 e. The molecule has 10 heteroatoms. The summed E-state index contributed by atoms with van der Waals surface area (Å²) in [7, 11) is 0. The van der Waals surface area contributed by atoms with E-state index in [1.54, 1.807) is 0 Å². The number of hydrogen-bond donors (Lipinski definition) is 0. The van der Waals surface area contributed by atoms with Crippen molar-refractivity contribution in [2.45, 2.75) is 0 Å². The van der Waals surface area contributed by atoms with Crippen LogP contribution < -0.4 is 37.7 Å². The Morgan fingerprint density at radius 2 is 0.900 bits per heavy atom. The summed E-state index contributed by atoms with van der Waals surface area (Å²) in [5.41, 5.74) is 0. The van der Waals surface area contributed by atoms with Crippen molar-refractivity contribution in [2.75, 3.05) is 0 Å². The molecule has 0 radical (unpaired) electrons. The van der Waals surface area contributed by atoms with E-state index in [0.29, 0.717) is 0 Å². The normalized spacial score (nSPS) is 4.80. The van der Waals surface area contributed by atoms with Gasteiger partial charge in [-0.05, 0) is 10.1 Å². The van der Waals surface area contributed by atoms with Crippen molar-refractivity contribution in [3.8, 4) is 0 Å². The van der Waals surface area contributed by atoms with Crippen LogP contribution in [-0.4, -0.2) is 10.1 Å². The van der Waals surface area contributed by atoms with Crippen molar-refractivity contribution in [2.24, 2.45) is 0 Å². The van der Waals surface area contributed by atoms with E-state index in [-0.39, 0.29) is 37.7 Å². The van der Waals surface area contributed by atoms with Gasteiger partial charge in [-0.1, -0.05) is 0 Å². The molecular weight excluding hydrogens is 134 g/mol. The number of nitro groups is 2. The summed E-state index contributed by atoms with van der Waals surface area (Å²) in [4.78, 5) is 16.9. The van der Waals surface area contributed by atoms with E-state index < -0.39 is 10.1 Å². The molecule has 0 atom stereocenters. The molecule has 8 nitrogen and oxygen atoms in total. The summed E-state index contributed by atoms with van der Waals surface area (Å²) in [5.74, 6) is 10.6. The predicted molar refractivity (Wildman–Crippen MR) is 22.6 cm³/mol. The number of nitrogens with one attached hydrogen (secondary N) is 2. The Morgan fingerprint density at radius 3 is 0.900 bits per heavy atom. The molecule has 0 aliphatic carbocycles. The SMILES string of the molecule is [Li+].[Li+].[NH-][N+](=O)[O-].[NH-][N+](=O)[O-]. The second-order valence-electron chi connectivity index (χ2n) is 0.514. The van der Waals surface area contributed by atoms with Crippen LogP contribution in [0.5, 0.6) is 0 Å². The van der Waals surface area contributed by atoms with Crippen LogP contribution in [-0.2, 0) is 0 Å². The van der Waals surface area contributed by atoms with Gasteiger partial charge >= 0.3 is 37.7 Å². The molecule has 0 rings (SSSR count). The third-order valence-electron chi connectivity index (χ3n) is 0. The van der Waals surface area contributed by atoms with Gasteiger partial charge in [0, 0.05) is 0 Å². The van der Waals surface area contributed by atoms with E-state index in [1.807, 2.05) is 0 Å². The Hall–Kier alpha value is -0.405. The Balaban J connectivity index is -0.0000000300. The van der Waals surface area contributed by atoms with E-state index in [4.69, 9.17) is 31.9 Å². The van der Waals surface area contributed by atoms with Gasteiger partial charge in [-0.15, -0.1) is 0 Å². The van der Waals surface area contributed by atoms with Crippen LogP contribution in [0, 0.1) is 20.2 Å². The predicted octanol–water partition coefficient (Wildman–Crippen LogP) is -5.53. The third-order valence-corrected chi connectivity index (χ3v) is 0. The van der Waals surface area contributed by atoms with Crippen molar-refractivity contribution < 1.29 is 47.8 Å². The zero-order chi connectivity index (χ0) is 7.15. The minimum Gasteiger partial charge on any atom is -0.393 e. The molecule has 0 amide bonds. The molecular formula is H2Li2N4O4.